The van der Waals surface area contributed by atoms with E-state index in [0.717, 1.165) is 26.4 Å². The van der Waals surface area contributed by atoms with Crippen molar-refractivity contribution in [3.05, 3.63) is 77.9 Å². The number of carbonyl (C=O) groups excluding carboxylic acids is 2. The second-order valence-electron chi connectivity index (χ2n) is 7.68. The van der Waals surface area contributed by atoms with Gasteiger partial charge in [0, 0.05) is 16.1 Å². The molecule has 0 saturated carbocycles. The Bertz CT molecular complexity index is 1300. The first-order chi connectivity index (χ1) is 16.4. The van der Waals surface area contributed by atoms with E-state index in [9.17, 15) is 9.59 Å². The van der Waals surface area contributed by atoms with Crippen LogP contribution in [0.1, 0.15) is 29.8 Å². The van der Waals surface area contributed by atoms with Gasteiger partial charge in [0.05, 0.1) is 22.1 Å². The summed E-state index contributed by atoms with van der Waals surface area (Å²) >= 11 is 2.87. The maximum atomic E-state index is 12.7. The molecule has 6 nitrogen and oxygen atoms in total. The Labute approximate surface area is 206 Å². The summed E-state index contributed by atoms with van der Waals surface area (Å²) in [6.07, 6.45) is 0. The summed E-state index contributed by atoms with van der Waals surface area (Å²) in [5.41, 5.74) is 3.24. The lowest BCUT2D eigenvalue weighted by molar-refractivity contribution is -0.115. The van der Waals surface area contributed by atoms with E-state index < -0.39 is 0 Å². The summed E-state index contributed by atoms with van der Waals surface area (Å²) in [5, 5.41) is 6.05. The van der Waals surface area contributed by atoms with Gasteiger partial charge in [-0.15, -0.1) is 11.8 Å². The van der Waals surface area contributed by atoms with Gasteiger partial charge in [-0.2, -0.15) is 0 Å². The number of rotatable bonds is 8. The maximum Gasteiger partial charge on any atom is 0.255 e. The van der Waals surface area contributed by atoms with Gasteiger partial charge in [0.25, 0.3) is 5.91 Å². The van der Waals surface area contributed by atoms with E-state index in [2.05, 4.69) is 15.6 Å². The summed E-state index contributed by atoms with van der Waals surface area (Å²) in [5.74, 6) is 0.516. The van der Waals surface area contributed by atoms with Crippen LogP contribution in [0, 0.1) is 6.92 Å². The number of fused-ring (bicyclic) bond motifs is 1. The fourth-order valence-corrected chi connectivity index (χ4v) is 4.97. The van der Waals surface area contributed by atoms with Gasteiger partial charge in [0.1, 0.15) is 5.75 Å². The molecule has 1 aromatic heterocycles. The topological polar surface area (TPSA) is 80.3 Å². The molecule has 1 heterocycles. The lowest BCUT2D eigenvalue weighted by atomic mass is 10.1. The number of carbonyl (C=O) groups is 2. The Morgan fingerprint density at radius 2 is 1.76 bits per heavy atom. The summed E-state index contributed by atoms with van der Waals surface area (Å²) in [6, 6.07) is 20.6. The molecule has 0 saturated heterocycles. The fourth-order valence-electron chi connectivity index (χ4n) is 3.20. The molecule has 34 heavy (non-hydrogen) atoms. The molecular formula is C26H25N3O3S2. The van der Waals surface area contributed by atoms with Crippen molar-refractivity contribution in [1.29, 1.82) is 0 Å². The molecule has 4 rings (SSSR count). The van der Waals surface area contributed by atoms with Gasteiger partial charge >= 0.3 is 0 Å². The molecule has 8 heteroatoms. The van der Waals surface area contributed by atoms with Crippen LogP contribution in [0.4, 0.5) is 10.8 Å². The molecule has 174 valence electrons. The fraction of sp³-hybridized carbons (Fsp3) is 0.192. The minimum absolute atomic E-state index is 0.120. The molecule has 0 aliphatic rings. The number of aromatic nitrogens is 1. The molecule has 1 atom stereocenters. The quantitative estimate of drug-likeness (QED) is 0.280. The van der Waals surface area contributed by atoms with Crippen LogP contribution in [-0.2, 0) is 4.79 Å². The van der Waals surface area contributed by atoms with Crippen LogP contribution in [0.25, 0.3) is 10.2 Å². The summed E-state index contributed by atoms with van der Waals surface area (Å²) < 4.78 is 6.49. The van der Waals surface area contributed by atoms with E-state index in [1.807, 2.05) is 75.4 Å². The predicted molar refractivity (Wildman–Crippen MR) is 140 cm³/mol. The molecule has 3 aromatic carbocycles. The number of amides is 2. The first-order valence-corrected chi connectivity index (χ1v) is 12.6. The van der Waals surface area contributed by atoms with E-state index in [-0.39, 0.29) is 17.1 Å². The smallest absolute Gasteiger partial charge is 0.255 e. The molecule has 0 bridgehead atoms. The molecule has 4 aromatic rings. The largest absolute Gasteiger partial charge is 0.494 e. The van der Waals surface area contributed by atoms with Crippen molar-refractivity contribution >= 4 is 55.9 Å². The number of hydrogen-bond acceptors (Lipinski definition) is 6. The van der Waals surface area contributed by atoms with E-state index in [1.165, 1.54) is 23.1 Å². The van der Waals surface area contributed by atoms with Crippen molar-refractivity contribution in [2.24, 2.45) is 0 Å². The van der Waals surface area contributed by atoms with Gasteiger partial charge in [-0.3, -0.25) is 9.59 Å². The predicted octanol–water partition coefficient (Wildman–Crippen LogP) is 6.38. The van der Waals surface area contributed by atoms with Crippen molar-refractivity contribution in [1.82, 2.24) is 4.98 Å². The summed E-state index contributed by atoms with van der Waals surface area (Å²) in [4.78, 5) is 30.5. The highest BCUT2D eigenvalue weighted by Gasteiger charge is 2.17. The first kappa shape index (κ1) is 23.8. The molecule has 0 aliphatic carbocycles. The molecule has 2 amide bonds. The summed E-state index contributed by atoms with van der Waals surface area (Å²) in [7, 11) is 0. The van der Waals surface area contributed by atoms with E-state index in [0.29, 0.717) is 23.0 Å². The van der Waals surface area contributed by atoms with E-state index in [4.69, 9.17) is 4.74 Å². The summed E-state index contributed by atoms with van der Waals surface area (Å²) in [6.45, 7) is 6.38. The third-order valence-corrected chi connectivity index (χ3v) is 7.05. The van der Waals surface area contributed by atoms with Gasteiger partial charge in [-0.1, -0.05) is 29.0 Å². The Morgan fingerprint density at radius 1 is 1.03 bits per heavy atom. The number of thiazole rings is 1. The normalized spacial score (nSPS) is 11.7. The number of benzene rings is 3. The SMILES string of the molecule is CCOc1ccc2nc(NC(=O)C(C)Sc3ccc(NC(=O)c4ccc(C)cc4)cc3)sc2c1. The van der Waals surface area contributed by atoms with Crippen LogP contribution in [0.5, 0.6) is 5.75 Å². The maximum absolute atomic E-state index is 12.7. The van der Waals surface area contributed by atoms with Crippen LogP contribution < -0.4 is 15.4 Å². The number of aryl methyl sites for hydroxylation is 1. The highest BCUT2D eigenvalue weighted by Crippen LogP contribution is 2.31. The zero-order valence-corrected chi connectivity index (χ0v) is 20.8. The van der Waals surface area contributed by atoms with Gasteiger partial charge in [-0.05, 0) is 75.4 Å². The molecule has 2 N–H and O–H groups in total. The number of anilines is 2. The van der Waals surface area contributed by atoms with E-state index in [1.54, 1.807) is 12.1 Å². The van der Waals surface area contributed by atoms with Crippen molar-refractivity contribution in [2.45, 2.75) is 30.9 Å². The Kier molecular flexibility index (Phi) is 7.49. The number of hydrogen-bond donors (Lipinski definition) is 2. The highest BCUT2D eigenvalue weighted by molar-refractivity contribution is 8.00. The monoisotopic (exact) mass is 491 g/mol. The van der Waals surface area contributed by atoms with Crippen LogP contribution in [0.3, 0.4) is 0 Å². The highest BCUT2D eigenvalue weighted by atomic mass is 32.2. The Morgan fingerprint density at radius 3 is 2.47 bits per heavy atom. The van der Waals surface area contributed by atoms with E-state index >= 15 is 0 Å². The molecule has 0 spiro atoms. The number of nitrogens with one attached hydrogen (secondary N) is 2. The number of nitrogens with zero attached hydrogens (tertiary/aromatic N) is 1. The van der Waals surface area contributed by atoms with Crippen LogP contribution in [0.2, 0.25) is 0 Å². The Balaban J connectivity index is 1.33. The zero-order valence-electron chi connectivity index (χ0n) is 19.1. The molecule has 1 unspecified atom stereocenters. The van der Waals surface area contributed by atoms with Crippen molar-refractivity contribution in [2.75, 3.05) is 17.2 Å². The third kappa shape index (κ3) is 5.95. The third-order valence-electron chi connectivity index (χ3n) is 5.01. The number of ether oxygens (including phenoxy) is 1. The average molecular weight is 492 g/mol. The van der Waals surface area contributed by atoms with Gasteiger partial charge in [-0.25, -0.2) is 4.98 Å². The minimum atomic E-state index is -0.320. The zero-order chi connectivity index (χ0) is 24.1. The molecule has 0 radical (unpaired) electrons. The second kappa shape index (κ2) is 10.7. The molecular weight excluding hydrogens is 466 g/mol. The van der Waals surface area contributed by atoms with Gasteiger partial charge in [0.2, 0.25) is 5.91 Å². The Hall–Kier alpha value is -3.36. The van der Waals surface area contributed by atoms with Crippen molar-refractivity contribution in [3.8, 4) is 5.75 Å². The van der Waals surface area contributed by atoms with Crippen LogP contribution in [-0.4, -0.2) is 28.7 Å². The molecule has 0 fully saturated rings. The van der Waals surface area contributed by atoms with Crippen LogP contribution in [0.15, 0.2) is 71.6 Å². The lowest BCUT2D eigenvalue weighted by Crippen LogP contribution is -2.22. The molecule has 0 aliphatic heterocycles. The minimum Gasteiger partial charge on any atom is -0.494 e. The van der Waals surface area contributed by atoms with Crippen molar-refractivity contribution in [3.63, 3.8) is 0 Å². The van der Waals surface area contributed by atoms with Gasteiger partial charge in [0.15, 0.2) is 5.13 Å². The lowest BCUT2D eigenvalue weighted by Gasteiger charge is -2.11. The van der Waals surface area contributed by atoms with Crippen molar-refractivity contribution < 1.29 is 14.3 Å². The second-order valence-corrected chi connectivity index (χ2v) is 10.1. The number of thioether (sulfide) groups is 1. The standard InChI is InChI=1S/C26H25N3O3S2/c1-4-32-20-11-14-22-23(15-20)34-26(28-22)29-24(30)17(3)33-21-12-9-19(10-13-21)27-25(31)18-7-5-16(2)6-8-18/h5-15,17H,4H2,1-3H3,(H,27,31)(H,28,29,30). The first-order valence-electron chi connectivity index (χ1n) is 10.9. The van der Waals surface area contributed by atoms with Crippen LogP contribution >= 0.6 is 23.1 Å². The average Bonchev–Trinajstić information content (AvgIpc) is 3.22. The van der Waals surface area contributed by atoms with Gasteiger partial charge < -0.3 is 15.4 Å².